The zero-order valence-electron chi connectivity index (χ0n) is 11.4. The maximum atomic E-state index is 12.3. The lowest BCUT2D eigenvalue weighted by Gasteiger charge is -2.26. The van der Waals surface area contributed by atoms with Crippen LogP contribution in [0.3, 0.4) is 0 Å². The van der Waals surface area contributed by atoms with E-state index >= 15 is 0 Å². The molecule has 1 aliphatic heterocycles. The Morgan fingerprint density at radius 2 is 2.05 bits per heavy atom. The zero-order chi connectivity index (χ0) is 15.8. The van der Waals surface area contributed by atoms with Gasteiger partial charge in [0.1, 0.15) is 17.6 Å². The molecule has 7 heteroatoms. The van der Waals surface area contributed by atoms with E-state index in [1.807, 2.05) is 19.9 Å². The van der Waals surface area contributed by atoms with Gasteiger partial charge in [-0.3, -0.25) is 9.59 Å². The van der Waals surface area contributed by atoms with E-state index < -0.39 is 22.3 Å². The lowest BCUT2D eigenvalue weighted by Crippen LogP contribution is -2.34. The quantitative estimate of drug-likeness (QED) is 0.836. The van der Waals surface area contributed by atoms with Crippen LogP contribution in [0, 0.1) is 0 Å². The number of ether oxygens (including phenoxy) is 1. The molecule has 1 atom stereocenters. The lowest BCUT2D eigenvalue weighted by molar-refractivity contribution is -0.160. The summed E-state index contributed by atoms with van der Waals surface area (Å²) in [5.41, 5.74) is 1.06. The Morgan fingerprint density at radius 1 is 1.38 bits per heavy atom. The summed E-state index contributed by atoms with van der Waals surface area (Å²) >= 11 is -0.0250. The van der Waals surface area contributed by atoms with Crippen LogP contribution in [0.1, 0.15) is 35.7 Å². The molecule has 0 fully saturated rings. The van der Waals surface area contributed by atoms with Gasteiger partial charge in [0.25, 0.3) is 5.12 Å². The largest absolute Gasteiger partial charge is 0.491 e. The highest BCUT2D eigenvalue weighted by atomic mass is 32.2. The van der Waals surface area contributed by atoms with Crippen molar-refractivity contribution in [3.05, 3.63) is 29.3 Å². The van der Waals surface area contributed by atoms with Gasteiger partial charge < -0.3 is 4.74 Å². The van der Waals surface area contributed by atoms with E-state index in [-0.39, 0.29) is 29.9 Å². The zero-order valence-corrected chi connectivity index (χ0v) is 12.2. The number of para-hydroxylation sites is 1. The molecule has 114 valence electrons. The Labute approximate surface area is 123 Å². The van der Waals surface area contributed by atoms with Crippen LogP contribution in [0.2, 0.25) is 0 Å². The van der Waals surface area contributed by atoms with E-state index in [0.29, 0.717) is 5.75 Å². The Kier molecular flexibility index (Phi) is 4.32. The molecule has 2 rings (SSSR count). The van der Waals surface area contributed by atoms with Crippen molar-refractivity contribution in [2.24, 2.45) is 0 Å². The monoisotopic (exact) mass is 318 g/mol. The predicted molar refractivity (Wildman–Crippen MR) is 72.8 cm³/mol. The van der Waals surface area contributed by atoms with E-state index in [0.717, 1.165) is 5.56 Å². The van der Waals surface area contributed by atoms with Crippen molar-refractivity contribution in [2.45, 2.75) is 31.2 Å². The summed E-state index contributed by atoms with van der Waals surface area (Å²) in [4.78, 5) is 23.2. The van der Waals surface area contributed by atoms with Crippen LogP contribution in [0.4, 0.5) is 13.2 Å². The van der Waals surface area contributed by atoms with Crippen molar-refractivity contribution >= 4 is 22.7 Å². The number of fused-ring (bicyclic) bond motifs is 1. The van der Waals surface area contributed by atoms with Gasteiger partial charge in [-0.25, -0.2) is 0 Å². The SMILES string of the molecule is CC(C)c1cccc2c1OCC(SC(=O)C(F)(F)F)C2=O. The minimum atomic E-state index is -4.95. The molecule has 0 saturated heterocycles. The summed E-state index contributed by atoms with van der Waals surface area (Å²) in [5, 5.41) is -3.14. The van der Waals surface area contributed by atoms with Crippen LogP contribution < -0.4 is 4.74 Å². The molecule has 0 amide bonds. The standard InChI is InChI=1S/C14H13F3O3S/c1-7(2)8-4-3-5-9-11(18)10(6-20-12(8)9)21-13(19)14(15,16)17/h3-5,7,10H,6H2,1-2H3. The first kappa shape index (κ1) is 15.9. The number of halogens is 3. The lowest BCUT2D eigenvalue weighted by atomic mass is 9.95. The number of benzene rings is 1. The van der Waals surface area contributed by atoms with E-state index in [1.165, 1.54) is 6.07 Å². The number of rotatable bonds is 2. The normalized spacial score (nSPS) is 18.4. The van der Waals surface area contributed by atoms with Crippen LogP contribution in [0.15, 0.2) is 18.2 Å². The molecule has 1 aromatic rings. The minimum absolute atomic E-state index is 0.0250. The van der Waals surface area contributed by atoms with Gasteiger partial charge in [-0.1, -0.05) is 37.7 Å². The number of thioether (sulfide) groups is 1. The molecular weight excluding hydrogens is 305 g/mol. The molecule has 1 aliphatic rings. The summed E-state index contributed by atoms with van der Waals surface area (Å²) in [6, 6.07) is 4.98. The fourth-order valence-corrected chi connectivity index (χ4v) is 2.82. The van der Waals surface area contributed by atoms with Gasteiger partial charge in [0.2, 0.25) is 0 Å². The highest BCUT2D eigenvalue weighted by molar-refractivity contribution is 8.14. The van der Waals surface area contributed by atoms with Crippen molar-refractivity contribution in [2.75, 3.05) is 6.61 Å². The topological polar surface area (TPSA) is 43.4 Å². The summed E-state index contributed by atoms with van der Waals surface area (Å²) in [7, 11) is 0. The number of carbonyl (C=O) groups excluding carboxylic acids is 2. The third kappa shape index (κ3) is 3.23. The molecule has 0 spiro atoms. The molecule has 0 aliphatic carbocycles. The molecule has 21 heavy (non-hydrogen) atoms. The molecular formula is C14H13F3O3S. The first-order chi connectivity index (χ1) is 9.71. The third-order valence-electron chi connectivity index (χ3n) is 3.09. The molecule has 0 N–H and O–H groups in total. The van der Waals surface area contributed by atoms with E-state index in [4.69, 9.17) is 4.74 Å². The van der Waals surface area contributed by atoms with Crippen LogP contribution in [0.5, 0.6) is 5.75 Å². The van der Waals surface area contributed by atoms with Gasteiger partial charge in [0, 0.05) is 0 Å². The van der Waals surface area contributed by atoms with Crippen LogP contribution >= 0.6 is 11.8 Å². The van der Waals surface area contributed by atoms with Gasteiger partial charge in [0.05, 0.1) is 5.56 Å². The number of hydrogen-bond donors (Lipinski definition) is 0. The van der Waals surface area contributed by atoms with Crippen molar-refractivity contribution in [3.8, 4) is 5.75 Å². The summed E-state index contributed by atoms with van der Waals surface area (Å²) < 4.78 is 42.3. The summed E-state index contributed by atoms with van der Waals surface area (Å²) in [5.74, 6) is 0.0314. The molecule has 0 saturated carbocycles. The molecule has 3 nitrogen and oxygen atoms in total. The highest BCUT2D eigenvalue weighted by Crippen LogP contribution is 2.37. The molecule has 0 aromatic heterocycles. The average Bonchev–Trinajstić information content (AvgIpc) is 2.40. The fraction of sp³-hybridized carbons (Fsp3) is 0.429. The Morgan fingerprint density at radius 3 is 2.62 bits per heavy atom. The molecule has 0 radical (unpaired) electrons. The number of ketones is 1. The fourth-order valence-electron chi connectivity index (χ4n) is 2.06. The van der Waals surface area contributed by atoms with Crippen LogP contribution in [0.25, 0.3) is 0 Å². The van der Waals surface area contributed by atoms with Crippen molar-refractivity contribution in [3.63, 3.8) is 0 Å². The van der Waals surface area contributed by atoms with Crippen molar-refractivity contribution < 1.29 is 27.5 Å². The summed E-state index contributed by atoms with van der Waals surface area (Å²) in [6.07, 6.45) is -4.95. The Bertz CT molecular complexity index is 581. The maximum absolute atomic E-state index is 12.3. The smallest absolute Gasteiger partial charge is 0.460 e. The van der Waals surface area contributed by atoms with Gasteiger partial charge in [0.15, 0.2) is 5.78 Å². The number of hydrogen-bond acceptors (Lipinski definition) is 4. The van der Waals surface area contributed by atoms with E-state index in [1.54, 1.807) is 6.07 Å². The third-order valence-corrected chi connectivity index (χ3v) is 4.17. The first-order valence-electron chi connectivity index (χ1n) is 6.29. The van der Waals surface area contributed by atoms with Gasteiger partial charge in [-0.2, -0.15) is 13.2 Å². The minimum Gasteiger partial charge on any atom is -0.491 e. The average molecular weight is 318 g/mol. The molecule has 0 bridgehead atoms. The van der Waals surface area contributed by atoms with Gasteiger partial charge >= 0.3 is 6.18 Å². The predicted octanol–water partition coefficient (Wildman–Crippen LogP) is 3.58. The van der Waals surface area contributed by atoms with Crippen molar-refractivity contribution in [1.82, 2.24) is 0 Å². The van der Waals surface area contributed by atoms with Crippen molar-refractivity contribution in [1.29, 1.82) is 0 Å². The maximum Gasteiger partial charge on any atom is 0.460 e. The van der Waals surface area contributed by atoms with Crippen LogP contribution in [-0.4, -0.2) is 28.9 Å². The van der Waals surface area contributed by atoms with E-state index in [9.17, 15) is 22.8 Å². The highest BCUT2D eigenvalue weighted by Gasteiger charge is 2.43. The van der Waals surface area contributed by atoms with E-state index in [2.05, 4.69) is 0 Å². The second-order valence-corrected chi connectivity index (χ2v) is 6.12. The number of carbonyl (C=O) groups is 2. The Balaban J connectivity index is 2.26. The second kappa shape index (κ2) is 5.71. The molecule has 1 unspecified atom stereocenters. The van der Waals surface area contributed by atoms with Crippen LogP contribution in [-0.2, 0) is 4.79 Å². The second-order valence-electron chi connectivity index (χ2n) is 4.95. The summed E-state index contributed by atoms with van der Waals surface area (Å²) in [6.45, 7) is 3.62. The molecule has 1 aromatic carbocycles. The van der Waals surface area contributed by atoms with Gasteiger partial charge in [-0.15, -0.1) is 0 Å². The molecule has 1 heterocycles. The first-order valence-corrected chi connectivity index (χ1v) is 7.17. The number of alkyl halides is 3. The number of Topliss-reactive ketones (excluding diaryl/α,β-unsaturated/α-hetero) is 1. The van der Waals surface area contributed by atoms with Gasteiger partial charge in [-0.05, 0) is 17.5 Å². The Hall–Kier alpha value is -1.50.